The lowest BCUT2D eigenvalue weighted by molar-refractivity contribution is -0.134. The molecule has 4 atom stereocenters. The molecule has 1 heterocycles. The molecule has 4 unspecified atom stereocenters. The van der Waals surface area contributed by atoms with E-state index in [9.17, 15) is 4.79 Å². The van der Waals surface area contributed by atoms with E-state index >= 15 is 0 Å². The van der Waals surface area contributed by atoms with Crippen LogP contribution < -0.4 is 0 Å². The van der Waals surface area contributed by atoms with Crippen molar-refractivity contribution < 1.29 is 18.4 Å². The Morgan fingerprint density at radius 1 is 1.39 bits per heavy atom. The topological polar surface area (TPSA) is 48.1 Å². The number of carbonyl (C=O) groups excluding carboxylic acids is 1. The van der Waals surface area contributed by atoms with Crippen LogP contribution in [0.15, 0.2) is 0 Å². The average Bonchev–Trinajstić information content (AvgIpc) is 3.03. The quantitative estimate of drug-likeness (QED) is 0.551. The van der Waals surface area contributed by atoms with Crippen LogP contribution in [-0.2, 0) is 18.4 Å². The molecule has 0 amide bonds. The van der Waals surface area contributed by atoms with Crippen LogP contribution in [0.2, 0.25) is 12.6 Å². The molecule has 0 bridgehead atoms. The summed E-state index contributed by atoms with van der Waals surface area (Å²) in [6, 6.07) is 0.905. The summed E-state index contributed by atoms with van der Waals surface area (Å²) in [5.41, 5.74) is 0. The number of hydrogen-bond donors (Lipinski definition) is 0. The van der Waals surface area contributed by atoms with Crippen LogP contribution in [0.3, 0.4) is 0 Å². The molecule has 1 saturated heterocycles. The Hall–Kier alpha value is -0.393. The Kier molecular flexibility index (Phi) is 4.45. The molecule has 0 aromatic carbocycles. The van der Waals surface area contributed by atoms with Gasteiger partial charge in [-0.25, -0.2) is 0 Å². The standard InChI is InChI=1S/C13H24O4Si/c1-4-15-18(3,17-10(2)14)8-7-11-5-6-12-13(9-11)16-12/h11-13H,4-9H2,1-3H3. The Bertz CT molecular complexity index is 309. The summed E-state index contributed by atoms with van der Waals surface area (Å²) in [4.78, 5) is 11.2. The van der Waals surface area contributed by atoms with Gasteiger partial charge < -0.3 is 13.6 Å². The van der Waals surface area contributed by atoms with Gasteiger partial charge in [-0.15, -0.1) is 0 Å². The third-order valence-electron chi connectivity index (χ3n) is 3.93. The zero-order chi connectivity index (χ0) is 13.2. The summed E-state index contributed by atoms with van der Waals surface area (Å²) < 4.78 is 16.7. The van der Waals surface area contributed by atoms with Crippen LogP contribution in [0, 0.1) is 5.92 Å². The maximum atomic E-state index is 11.2. The van der Waals surface area contributed by atoms with E-state index in [1.807, 2.05) is 13.5 Å². The highest BCUT2D eigenvalue weighted by Gasteiger charge is 2.44. The Morgan fingerprint density at radius 3 is 2.78 bits per heavy atom. The van der Waals surface area contributed by atoms with Gasteiger partial charge >= 0.3 is 8.56 Å². The van der Waals surface area contributed by atoms with Crippen LogP contribution in [-0.4, -0.2) is 33.3 Å². The van der Waals surface area contributed by atoms with Gasteiger partial charge in [0, 0.05) is 19.6 Å². The Morgan fingerprint density at radius 2 is 2.17 bits per heavy atom. The summed E-state index contributed by atoms with van der Waals surface area (Å²) in [6.45, 7) is 6.04. The van der Waals surface area contributed by atoms with Crippen molar-refractivity contribution >= 4 is 14.5 Å². The third-order valence-corrected chi connectivity index (χ3v) is 6.74. The van der Waals surface area contributed by atoms with Crippen molar-refractivity contribution in [2.24, 2.45) is 5.92 Å². The van der Waals surface area contributed by atoms with E-state index in [1.165, 1.54) is 26.2 Å². The largest absolute Gasteiger partial charge is 0.494 e. The molecule has 2 aliphatic rings. The van der Waals surface area contributed by atoms with E-state index in [0.717, 1.165) is 18.4 Å². The van der Waals surface area contributed by atoms with Crippen LogP contribution in [0.1, 0.15) is 39.5 Å². The molecule has 1 saturated carbocycles. The highest BCUT2D eigenvalue weighted by molar-refractivity contribution is 6.67. The van der Waals surface area contributed by atoms with Crippen molar-refractivity contribution in [1.82, 2.24) is 0 Å². The number of ether oxygens (including phenoxy) is 1. The molecular formula is C13H24O4Si. The number of hydrogen-bond acceptors (Lipinski definition) is 4. The number of rotatable bonds is 6. The van der Waals surface area contributed by atoms with Gasteiger partial charge in [0.2, 0.25) is 0 Å². The van der Waals surface area contributed by atoms with E-state index in [1.54, 1.807) is 0 Å². The van der Waals surface area contributed by atoms with Gasteiger partial charge in [-0.1, -0.05) is 0 Å². The summed E-state index contributed by atoms with van der Waals surface area (Å²) >= 11 is 0. The molecule has 2 rings (SSSR count). The molecule has 18 heavy (non-hydrogen) atoms. The SMILES string of the molecule is CCO[Si](C)(CCC1CCC2OC2C1)OC(C)=O. The van der Waals surface area contributed by atoms with Crippen molar-refractivity contribution in [1.29, 1.82) is 0 Å². The van der Waals surface area contributed by atoms with Gasteiger partial charge in [-0.05, 0) is 45.1 Å². The van der Waals surface area contributed by atoms with Gasteiger partial charge in [0.1, 0.15) is 0 Å². The zero-order valence-electron chi connectivity index (χ0n) is 11.6. The molecule has 0 aromatic heterocycles. The Balaban J connectivity index is 1.78. The molecule has 0 aromatic rings. The predicted molar refractivity (Wildman–Crippen MR) is 70.4 cm³/mol. The molecule has 4 nitrogen and oxygen atoms in total. The molecule has 0 spiro atoms. The molecule has 2 fully saturated rings. The normalized spacial score (nSPS) is 33.4. The Labute approximate surface area is 110 Å². The van der Waals surface area contributed by atoms with E-state index in [4.69, 9.17) is 13.6 Å². The molecular weight excluding hydrogens is 248 g/mol. The second-order valence-corrected chi connectivity index (χ2v) is 8.85. The molecule has 5 heteroatoms. The van der Waals surface area contributed by atoms with Crippen LogP contribution in [0.4, 0.5) is 0 Å². The highest BCUT2D eigenvalue weighted by atomic mass is 28.4. The van der Waals surface area contributed by atoms with Gasteiger partial charge in [0.05, 0.1) is 12.2 Å². The maximum Gasteiger partial charge on any atom is 0.398 e. The lowest BCUT2D eigenvalue weighted by Gasteiger charge is -2.28. The van der Waals surface area contributed by atoms with Gasteiger partial charge in [-0.3, -0.25) is 4.79 Å². The predicted octanol–water partition coefficient (Wildman–Crippen LogP) is 2.62. The van der Waals surface area contributed by atoms with Crippen LogP contribution >= 0.6 is 0 Å². The minimum atomic E-state index is -2.30. The van der Waals surface area contributed by atoms with Gasteiger partial charge in [0.25, 0.3) is 5.97 Å². The van der Waals surface area contributed by atoms with E-state index < -0.39 is 8.56 Å². The fourth-order valence-corrected chi connectivity index (χ4v) is 5.43. The molecule has 0 N–H and O–H groups in total. The van der Waals surface area contributed by atoms with Gasteiger partial charge in [-0.2, -0.15) is 0 Å². The first kappa shape index (κ1) is 14.0. The van der Waals surface area contributed by atoms with Crippen molar-refractivity contribution in [2.75, 3.05) is 6.61 Å². The highest BCUT2D eigenvalue weighted by Crippen LogP contribution is 2.41. The molecule has 1 aliphatic heterocycles. The lowest BCUT2D eigenvalue weighted by Crippen LogP contribution is -2.40. The number of epoxide rings is 1. The van der Waals surface area contributed by atoms with E-state index in [0.29, 0.717) is 18.8 Å². The first-order valence-corrected chi connectivity index (χ1v) is 9.54. The molecule has 104 valence electrons. The maximum absolute atomic E-state index is 11.2. The summed E-state index contributed by atoms with van der Waals surface area (Å²) in [7, 11) is -2.30. The first-order valence-electron chi connectivity index (χ1n) is 7.01. The summed E-state index contributed by atoms with van der Waals surface area (Å²) in [5.74, 6) is 0.503. The summed E-state index contributed by atoms with van der Waals surface area (Å²) in [5, 5.41) is 0. The van der Waals surface area contributed by atoms with Crippen LogP contribution in [0.5, 0.6) is 0 Å². The smallest absolute Gasteiger partial charge is 0.398 e. The minimum absolute atomic E-state index is 0.216. The molecule has 1 aliphatic carbocycles. The average molecular weight is 272 g/mol. The number of fused-ring (bicyclic) bond motifs is 1. The van der Waals surface area contributed by atoms with Crippen molar-refractivity contribution in [3.63, 3.8) is 0 Å². The number of carbonyl (C=O) groups is 1. The van der Waals surface area contributed by atoms with E-state index in [-0.39, 0.29) is 5.97 Å². The first-order chi connectivity index (χ1) is 8.52. The van der Waals surface area contributed by atoms with Crippen molar-refractivity contribution in [3.05, 3.63) is 0 Å². The van der Waals surface area contributed by atoms with Gasteiger partial charge in [0.15, 0.2) is 0 Å². The lowest BCUT2D eigenvalue weighted by atomic mass is 9.88. The van der Waals surface area contributed by atoms with E-state index in [2.05, 4.69) is 0 Å². The molecule has 0 radical (unpaired) electrons. The third kappa shape index (κ3) is 3.80. The van der Waals surface area contributed by atoms with Crippen LogP contribution in [0.25, 0.3) is 0 Å². The second kappa shape index (κ2) is 5.71. The minimum Gasteiger partial charge on any atom is -0.494 e. The second-order valence-electron chi connectivity index (χ2n) is 5.59. The van der Waals surface area contributed by atoms with Crippen molar-refractivity contribution in [2.45, 2.75) is 64.3 Å². The van der Waals surface area contributed by atoms with Crippen molar-refractivity contribution in [3.8, 4) is 0 Å². The fraction of sp³-hybridized carbons (Fsp3) is 0.923. The summed E-state index contributed by atoms with van der Waals surface area (Å²) in [6.07, 6.45) is 5.82. The zero-order valence-corrected chi connectivity index (χ0v) is 12.6. The monoisotopic (exact) mass is 272 g/mol. The fourth-order valence-electron chi connectivity index (χ4n) is 2.98.